The van der Waals surface area contributed by atoms with Gasteiger partial charge in [-0.05, 0) is 83.3 Å². The number of carboxylic acid groups (broad SMARTS) is 2. The summed E-state index contributed by atoms with van der Waals surface area (Å²) in [4.78, 5) is 22.4. The number of carboxylic acids is 2. The van der Waals surface area contributed by atoms with Gasteiger partial charge in [0, 0.05) is 0 Å². The summed E-state index contributed by atoms with van der Waals surface area (Å²) in [5, 5.41) is 18.5. The Kier molecular flexibility index (Phi) is 8.30. The maximum absolute atomic E-state index is 11.3. The normalized spacial score (nSPS) is 15.3. The number of carbonyl (C=O) groups is 2. The minimum absolute atomic E-state index is 0.385. The fraction of sp³-hybridized carbons (Fsp3) is 0.680. The molecule has 1 fully saturated rings. The van der Waals surface area contributed by atoms with Gasteiger partial charge in [0.1, 0.15) is 0 Å². The lowest BCUT2D eigenvalue weighted by Crippen LogP contribution is -2.23. The summed E-state index contributed by atoms with van der Waals surface area (Å²) in [7, 11) is 0. The van der Waals surface area contributed by atoms with E-state index >= 15 is 0 Å². The van der Waals surface area contributed by atoms with E-state index in [0.29, 0.717) is 0 Å². The summed E-state index contributed by atoms with van der Waals surface area (Å²) >= 11 is 0. The Labute approximate surface area is 175 Å². The summed E-state index contributed by atoms with van der Waals surface area (Å²) in [6.07, 6.45) is 11.7. The lowest BCUT2D eigenvalue weighted by Gasteiger charge is -2.18. The second-order valence-electron chi connectivity index (χ2n) is 9.67. The molecule has 29 heavy (non-hydrogen) atoms. The zero-order valence-electron chi connectivity index (χ0n) is 18.4. The molecule has 0 atom stereocenters. The van der Waals surface area contributed by atoms with Crippen LogP contribution in [-0.4, -0.2) is 22.2 Å². The molecule has 1 aliphatic carbocycles. The molecular formula is C25H38O4. The molecule has 4 nitrogen and oxygen atoms in total. The standard InChI is InChI=1S/C25H38O4/c1-19-12-13-20(10-6-4-8-14-24(2,3)22(26)27)21(18-19)11-7-5-9-15-25(16-17-25)23(28)29/h12-13,18H,4-11,14-17H2,1-3H3,(H,26,27)(H,28,29). The molecule has 0 heterocycles. The lowest BCUT2D eigenvalue weighted by molar-refractivity contribution is -0.147. The Morgan fingerprint density at radius 3 is 2.14 bits per heavy atom. The van der Waals surface area contributed by atoms with E-state index in [0.717, 1.165) is 77.0 Å². The first-order valence-corrected chi connectivity index (χ1v) is 11.2. The molecule has 0 unspecified atom stereocenters. The van der Waals surface area contributed by atoms with Crippen LogP contribution in [0.4, 0.5) is 0 Å². The van der Waals surface area contributed by atoms with Gasteiger partial charge in [0.2, 0.25) is 0 Å². The Morgan fingerprint density at radius 2 is 1.55 bits per heavy atom. The van der Waals surface area contributed by atoms with Gasteiger partial charge in [-0.2, -0.15) is 0 Å². The van der Waals surface area contributed by atoms with E-state index in [2.05, 4.69) is 25.1 Å². The first-order valence-electron chi connectivity index (χ1n) is 11.2. The molecule has 0 spiro atoms. The van der Waals surface area contributed by atoms with Crippen LogP contribution in [0.2, 0.25) is 0 Å². The monoisotopic (exact) mass is 402 g/mol. The third-order valence-electron chi connectivity index (χ3n) is 6.60. The highest BCUT2D eigenvalue weighted by Gasteiger charge is 2.49. The number of rotatable bonds is 14. The van der Waals surface area contributed by atoms with Gasteiger partial charge in [-0.3, -0.25) is 9.59 Å². The van der Waals surface area contributed by atoms with Crippen LogP contribution in [0.1, 0.15) is 94.7 Å². The average molecular weight is 403 g/mol. The second kappa shape index (κ2) is 10.3. The zero-order valence-corrected chi connectivity index (χ0v) is 18.4. The number of aryl methyl sites for hydroxylation is 3. The van der Waals surface area contributed by atoms with Crippen LogP contribution in [0, 0.1) is 17.8 Å². The fourth-order valence-electron chi connectivity index (χ4n) is 4.07. The number of benzene rings is 1. The van der Waals surface area contributed by atoms with Crippen molar-refractivity contribution >= 4 is 11.9 Å². The molecule has 162 valence electrons. The largest absolute Gasteiger partial charge is 0.481 e. The van der Waals surface area contributed by atoms with E-state index in [4.69, 9.17) is 0 Å². The summed E-state index contributed by atoms with van der Waals surface area (Å²) in [6.45, 7) is 5.73. The topological polar surface area (TPSA) is 74.6 Å². The molecule has 1 saturated carbocycles. The van der Waals surface area contributed by atoms with Gasteiger partial charge in [-0.1, -0.05) is 49.4 Å². The van der Waals surface area contributed by atoms with Crippen molar-refractivity contribution in [3.63, 3.8) is 0 Å². The molecule has 2 rings (SSSR count). The quantitative estimate of drug-likeness (QED) is 0.365. The summed E-state index contributed by atoms with van der Waals surface area (Å²) in [6, 6.07) is 6.72. The Balaban J connectivity index is 1.72. The van der Waals surface area contributed by atoms with Crippen LogP contribution < -0.4 is 0 Å². The average Bonchev–Trinajstić information content (AvgIpc) is 3.43. The van der Waals surface area contributed by atoms with Crippen LogP contribution >= 0.6 is 0 Å². The first kappa shape index (κ1) is 23.4. The van der Waals surface area contributed by atoms with E-state index in [-0.39, 0.29) is 5.41 Å². The fourth-order valence-corrected chi connectivity index (χ4v) is 4.07. The van der Waals surface area contributed by atoms with Gasteiger partial charge in [-0.25, -0.2) is 0 Å². The summed E-state index contributed by atoms with van der Waals surface area (Å²) in [5.74, 6) is -1.32. The first-order chi connectivity index (χ1) is 13.7. The van der Waals surface area contributed by atoms with Gasteiger partial charge in [0.05, 0.1) is 10.8 Å². The highest BCUT2D eigenvalue weighted by Crippen LogP contribution is 2.50. The Hall–Kier alpha value is -1.84. The molecule has 4 heteroatoms. The van der Waals surface area contributed by atoms with Crippen molar-refractivity contribution in [3.8, 4) is 0 Å². The van der Waals surface area contributed by atoms with Crippen molar-refractivity contribution in [2.75, 3.05) is 0 Å². The minimum atomic E-state index is -0.714. The molecule has 2 N–H and O–H groups in total. The smallest absolute Gasteiger partial charge is 0.309 e. The molecule has 1 aromatic carbocycles. The highest BCUT2D eigenvalue weighted by molar-refractivity contribution is 5.77. The highest BCUT2D eigenvalue weighted by atomic mass is 16.4. The van der Waals surface area contributed by atoms with Gasteiger partial charge in [-0.15, -0.1) is 0 Å². The van der Waals surface area contributed by atoms with Gasteiger partial charge < -0.3 is 10.2 Å². The number of hydrogen-bond acceptors (Lipinski definition) is 2. The van der Waals surface area contributed by atoms with Gasteiger partial charge >= 0.3 is 11.9 Å². The summed E-state index contributed by atoms with van der Waals surface area (Å²) < 4.78 is 0. The van der Waals surface area contributed by atoms with Crippen molar-refractivity contribution in [3.05, 3.63) is 34.9 Å². The maximum Gasteiger partial charge on any atom is 0.309 e. The SMILES string of the molecule is Cc1ccc(CCCCCC(C)(C)C(=O)O)c(CCCCCC2(C(=O)O)CC2)c1. The number of hydrogen-bond donors (Lipinski definition) is 2. The van der Waals surface area contributed by atoms with Crippen LogP contribution in [0.15, 0.2) is 18.2 Å². The number of aliphatic carboxylic acids is 2. The van der Waals surface area contributed by atoms with Crippen LogP contribution in [0.3, 0.4) is 0 Å². The molecule has 0 bridgehead atoms. The Bertz CT molecular complexity index is 701. The van der Waals surface area contributed by atoms with Gasteiger partial charge in [0.15, 0.2) is 0 Å². The molecule has 0 radical (unpaired) electrons. The lowest BCUT2D eigenvalue weighted by atomic mass is 9.86. The minimum Gasteiger partial charge on any atom is -0.481 e. The maximum atomic E-state index is 11.3. The molecule has 0 aliphatic heterocycles. The third kappa shape index (κ3) is 7.17. The second-order valence-corrected chi connectivity index (χ2v) is 9.67. The zero-order chi connectivity index (χ0) is 21.5. The molecule has 1 aromatic rings. The molecule has 0 saturated heterocycles. The van der Waals surface area contributed by atoms with E-state index in [1.807, 2.05) is 0 Å². The van der Waals surface area contributed by atoms with Crippen molar-refractivity contribution in [2.45, 2.75) is 97.8 Å². The molecule has 0 amide bonds. The van der Waals surface area contributed by atoms with E-state index in [1.165, 1.54) is 16.7 Å². The third-order valence-corrected chi connectivity index (χ3v) is 6.60. The van der Waals surface area contributed by atoms with Crippen LogP contribution in [-0.2, 0) is 22.4 Å². The van der Waals surface area contributed by atoms with E-state index in [1.54, 1.807) is 13.8 Å². The van der Waals surface area contributed by atoms with Crippen LogP contribution in [0.25, 0.3) is 0 Å². The van der Waals surface area contributed by atoms with Crippen molar-refractivity contribution in [2.24, 2.45) is 10.8 Å². The van der Waals surface area contributed by atoms with Gasteiger partial charge in [0.25, 0.3) is 0 Å². The molecule has 0 aromatic heterocycles. The van der Waals surface area contributed by atoms with Crippen molar-refractivity contribution in [1.29, 1.82) is 0 Å². The van der Waals surface area contributed by atoms with Crippen molar-refractivity contribution in [1.82, 2.24) is 0 Å². The van der Waals surface area contributed by atoms with Crippen molar-refractivity contribution < 1.29 is 19.8 Å². The van der Waals surface area contributed by atoms with Crippen LogP contribution in [0.5, 0.6) is 0 Å². The molecular weight excluding hydrogens is 364 g/mol. The predicted molar refractivity (Wildman–Crippen MR) is 116 cm³/mol. The van der Waals surface area contributed by atoms with E-state index in [9.17, 15) is 19.8 Å². The predicted octanol–water partition coefficient (Wildman–Crippen LogP) is 6.18. The van der Waals surface area contributed by atoms with E-state index < -0.39 is 17.4 Å². The number of unbranched alkanes of at least 4 members (excludes halogenated alkanes) is 4. The summed E-state index contributed by atoms with van der Waals surface area (Å²) in [5.41, 5.74) is 3.11. The Morgan fingerprint density at radius 1 is 0.931 bits per heavy atom. The molecule has 1 aliphatic rings.